The molecule has 3 amide bonds. The summed E-state index contributed by atoms with van der Waals surface area (Å²) in [5.41, 5.74) is 2.84. The quantitative estimate of drug-likeness (QED) is 0.231. The monoisotopic (exact) mass is 628 g/mol. The Morgan fingerprint density at radius 3 is 2.13 bits per heavy atom. The number of rotatable bonds is 12. The molecule has 2 heterocycles. The van der Waals surface area contributed by atoms with Crippen LogP contribution in [0.25, 0.3) is 0 Å². The standard InChI is InChI=1S/C34H36N4O6S/c1-37(2)19-18-35-34(42)43-21-26-22-45-32-28(36-27(39)20-23-12-6-3-7-13-23)31(40)38(32)29(26)33(41)44-30(24-14-8-4-9-15-24)25-16-10-5-11-17-25/h3-17,28,30,32H,18-22H2,1-2H3,(H,35,42)(H,36,39)/t28?,32-/m1/s1. The Balaban J connectivity index is 1.37. The highest BCUT2D eigenvalue weighted by molar-refractivity contribution is 8.00. The highest BCUT2D eigenvalue weighted by atomic mass is 32.2. The van der Waals surface area contributed by atoms with Crippen molar-refractivity contribution in [3.05, 3.63) is 119 Å². The van der Waals surface area contributed by atoms with E-state index < -0.39 is 35.5 Å². The average molecular weight is 629 g/mol. The number of hydrogen-bond acceptors (Lipinski definition) is 8. The van der Waals surface area contributed by atoms with Crippen molar-refractivity contribution >= 4 is 35.6 Å². The van der Waals surface area contributed by atoms with Crippen molar-refractivity contribution < 1.29 is 28.7 Å². The molecular weight excluding hydrogens is 592 g/mol. The maximum atomic E-state index is 14.0. The van der Waals surface area contributed by atoms with Crippen LogP contribution < -0.4 is 10.6 Å². The third kappa shape index (κ3) is 7.92. The van der Waals surface area contributed by atoms with Gasteiger partial charge in [0.2, 0.25) is 5.91 Å². The van der Waals surface area contributed by atoms with Gasteiger partial charge in [-0.25, -0.2) is 9.59 Å². The molecule has 2 aliphatic heterocycles. The second-order valence-corrected chi connectivity index (χ2v) is 12.1. The van der Waals surface area contributed by atoms with Crippen LogP contribution in [0.2, 0.25) is 0 Å². The summed E-state index contributed by atoms with van der Waals surface area (Å²) in [7, 11) is 3.79. The number of nitrogens with one attached hydrogen (secondary N) is 2. The number of nitrogens with zero attached hydrogens (tertiary/aromatic N) is 2. The van der Waals surface area contributed by atoms with Crippen LogP contribution >= 0.6 is 11.8 Å². The second-order valence-electron chi connectivity index (χ2n) is 11.0. The molecular formula is C34H36N4O6S. The summed E-state index contributed by atoms with van der Waals surface area (Å²) >= 11 is 1.39. The molecule has 234 valence electrons. The molecule has 5 rings (SSSR count). The first-order chi connectivity index (χ1) is 21.8. The number of thioether (sulfide) groups is 1. The van der Waals surface area contributed by atoms with Crippen LogP contribution in [0.4, 0.5) is 4.79 Å². The van der Waals surface area contributed by atoms with Gasteiger partial charge in [0.15, 0.2) is 6.10 Å². The second kappa shape index (κ2) is 14.9. The number of fused-ring (bicyclic) bond motifs is 1. The Bertz CT molecular complexity index is 1490. The molecule has 0 saturated carbocycles. The molecule has 1 fully saturated rings. The van der Waals surface area contributed by atoms with E-state index in [2.05, 4.69) is 10.6 Å². The summed E-state index contributed by atoms with van der Waals surface area (Å²) < 4.78 is 11.6. The molecule has 2 N–H and O–H groups in total. The normalized spacial score (nSPS) is 17.4. The van der Waals surface area contributed by atoms with Gasteiger partial charge in [0.25, 0.3) is 5.91 Å². The summed E-state index contributed by atoms with van der Waals surface area (Å²) in [6.07, 6.45) is -1.24. The predicted molar refractivity (Wildman–Crippen MR) is 171 cm³/mol. The molecule has 2 aliphatic rings. The molecule has 0 bridgehead atoms. The molecule has 3 aromatic rings. The van der Waals surface area contributed by atoms with Crippen LogP contribution in [0, 0.1) is 0 Å². The van der Waals surface area contributed by atoms with E-state index in [1.54, 1.807) is 0 Å². The lowest BCUT2D eigenvalue weighted by molar-refractivity contribution is -0.154. The predicted octanol–water partition coefficient (Wildman–Crippen LogP) is 3.50. The van der Waals surface area contributed by atoms with Gasteiger partial charge < -0.3 is 25.0 Å². The average Bonchev–Trinajstić information content (AvgIpc) is 3.05. The van der Waals surface area contributed by atoms with E-state index in [1.807, 2.05) is 110 Å². The lowest BCUT2D eigenvalue weighted by Crippen LogP contribution is -2.70. The van der Waals surface area contributed by atoms with Crippen LogP contribution in [-0.2, 0) is 30.3 Å². The molecule has 45 heavy (non-hydrogen) atoms. The van der Waals surface area contributed by atoms with Crippen molar-refractivity contribution in [2.24, 2.45) is 0 Å². The van der Waals surface area contributed by atoms with Gasteiger partial charge in [-0.15, -0.1) is 11.8 Å². The topological polar surface area (TPSA) is 117 Å². The van der Waals surface area contributed by atoms with Crippen molar-refractivity contribution in [2.75, 3.05) is 39.5 Å². The maximum absolute atomic E-state index is 14.0. The minimum atomic E-state index is -0.801. The van der Waals surface area contributed by atoms with Crippen molar-refractivity contribution in [1.29, 1.82) is 0 Å². The molecule has 0 aromatic heterocycles. The molecule has 0 spiro atoms. The van der Waals surface area contributed by atoms with Crippen LogP contribution in [0.5, 0.6) is 0 Å². The number of carbonyl (C=O) groups excluding carboxylic acids is 4. The fourth-order valence-electron chi connectivity index (χ4n) is 5.12. The summed E-state index contributed by atoms with van der Waals surface area (Å²) in [4.78, 5) is 56.1. The van der Waals surface area contributed by atoms with Gasteiger partial charge in [-0.1, -0.05) is 91.0 Å². The highest BCUT2D eigenvalue weighted by Crippen LogP contribution is 2.41. The van der Waals surface area contributed by atoms with E-state index in [-0.39, 0.29) is 24.6 Å². The van der Waals surface area contributed by atoms with E-state index in [0.29, 0.717) is 24.4 Å². The lowest BCUT2D eigenvalue weighted by atomic mass is 10.0. The van der Waals surface area contributed by atoms with Gasteiger partial charge in [-0.3, -0.25) is 14.5 Å². The maximum Gasteiger partial charge on any atom is 0.407 e. The van der Waals surface area contributed by atoms with E-state index >= 15 is 0 Å². The first-order valence-electron chi connectivity index (χ1n) is 14.7. The van der Waals surface area contributed by atoms with Gasteiger partial charge in [0, 0.05) is 24.4 Å². The summed E-state index contributed by atoms with van der Waals surface area (Å²) in [6.45, 7) is 0.822. The largest absolute Gasteiger partial charge is 0.448 e. The Labute approximate surface area is 266 Å². The number of amides is 3. The van der Waals surface area contributed by atoms with E-state index in [1.165, 1.54) is 16.7 Å². The summed E-state index contributed by atoms with van der Waals surface area (Å²) in [5, 5.41) is 5.02. The van der Waals surface area contributed by atoms with Gasteiger partial charge >= 0.3 is 12.1 Å². The third-order valence-corrected chi connectivity index (χ3v) is 8.74. The Hall–Kier alpha value is -4.61. The SMILES string of the molecule is CN(C)CCNC(=O)OCC1=C(C(=O)OC(c2ccccc2)c2ccccc2)N2C(=O)C(NC(=O)Cc3ccccc3)[C@H]2SC1. The molecule has 0 aliphatic carbocycles. The van der Waals surface area contributed by atoms with Gasteiger partial charge in [0.1, 0.15) is 23.7 Å². The number of likely N-dealkylation sites (N-methyl/N-ethyl adjacent to an activating group) is 1. The van der Waals surface area contributed by atoms with Crippen molar-refractivity contribution in [2.45, 2.75) is 23.9 Å². The summed E-state index contributed by atoms with van der Waals surface area (Å²) in [5.74, 6) is -1.13. The molecule has 2 atom stereocenters. The number of carbonyl (C=O) groups is 4. The fourth-order valence-corrected chi connectivity index (χ4v) is 6.45. The molecule has 1 saturated heterocycles. The fraction of sp³-hybridized carbons (Fsp3) is 0.294. The first-order valence-corrected chi connectivity index (χ1v) is 15.7. The third-order valence-electron chi connectivity index (χ3n) is 7.40. The zero-order chi connectivity index (χ0) is 31.8. The van der Waals surface area contributed by atoms with E-state index in [0.717, 1.165) is 16.7 Å². The zero-order valence-electron chi connectivity index (χ0n) is 25.2. The lowest BCUT2D eigenvalue weighted by Gasteiger charge is -2.49. The minimum Gasteiger partial charge on any atom is -0.448 e. The number of β-lactam (4-membered cyclic amide) rings is 1. The first kappa shape index (κ1) is 31.8. The van der Waals surface area contributed by atoms with Crippen LogP contribution in [0.3, 0.4) is 0 Å². The summed E-state index contributed by atoms with van der Waals surface area (Å²) in [6, 6.07) is 27.1. The van der Waals surface area contributed by atoms with Gasteiger partial charge in [0.05, 0.1) is 6.42 Å². The molecule has 10 nitrogen and oxygen atoms in total. The number of esters is 1. The van der Waals surface area contributed by atoms with E-state index in [4.69, 9.17) is 9.47 Å². The molecule has 11 heteroatoms. The van der Waals surface area contributed by atoms with Crippen LogP contribution in [0.15, 0.2) is 102 Å². The number of benzene rings is 3. The van der Waals surface area contributed by atoms with Crippen LogP contribution in [0.1, 0.15) is 22.8 Å². The zero-order valence-corrected chi connectivity index (χ0v) is 26.0. The van der Waals surface area contributed by atoms with Crippen molar-refractivity contribution in [1.82, 2.24) is 20.4 Å². The van der Waals surface area contributed by atoms with Gasteiger partial charge in [-0.05, 0) is 30.8 Å². The van der Waals surface area contributed by atoms with Crippen molar-refractivity contribution in [3.8, 4) is 0 Å². The number of alkyl carbamates (subject to hydrolysis) is 1. The Kier molecular flexibility index (Phi) is 10.5. The Morgan fingerprint density at radius 1 is 0.933 bits per heavy atom. The molecule has 1 unspecified atom stereocenters. The smallest absolute Gasteiger partial charge is 0.407 e. The minimum absolute atomic E-state index is 0.0373. The molecule has 0 radical (unpaired) electrons. The number of hydrogen-bond donors (Lipinski definition) is 2. The highest BCUT2D eigenvalue weighted by Gasteiger charge is 2.54. The van der Waals surface area contributed by atoms with Crippen LogP contribution in [-0.4, -0.2) is 84.6 Å². The van der Waals surface area contributed by atoms with Crippen molar-refractivity contribution in [3.63, 3.8) is 0 Å². The number of ether oxygens (including phenoxy) is 2. The van der Waals surface area contributed by atoms with Gasteiger partial charge in [-0.2, -0.15) is 0 Å². The molecule has 3 aromatic carbocycles. The van der Waals surface area contributed by atoms with E-state index in [9.17, 15) is 19.2 Å². The Morgan fingerprint density at radius 2 is 1.53 bits per heavy atom.